The zero-order valence-corrected chi connectivity index (χ0v) is 17.0. The van der Waals surface area contributed by atoms with Gasteiger partial charge in [-0.1, -0.05) is 17.4 Å². The number of carbonyl (C=O) groups excluding carboxylic acids is 1. The first-order valence-electron chi connectivity index (χ1n) is 8.76. The molecule has 2 aromatic carbocycles. The Balaban J connectivity index is 1.74. The second-order valence-corrected chi connectivity index (χ2v) is 9.40. The Hall–Kier alpha value is -2.65. The van der Waals surface area contributed by atoms with Crippen LogP contribution in [0.15, 0.2) is 65.0 Å². The van der Waals surface area contributed by atoms with E-state index in [-0.39, 0.29) is 29.3 Å². The molecule has 5 nitrogen and oxygen atoms in total. The molecule has 0 saturated carbocycles. The summed E-state index contributed by atoms with van der Waals surface area (Å²) in [6.45, 7) is 4.08. The van der Waals surface area contributed by atoms with Crippen LogP contribution in [0, 0.1) is 11.6 Å². The number of sulfone groups is 1. The molecule has 0 radical (unpaired) electrons. The van der Waals surface area contributed by atoms with Crippen molar-refractivity contribution in [3.05, 3.63) is 71.6 Å². The first-order valence-corrected chi connectivity index (χ1v) is 11.2. The van der Waals surface area contributed by atoms with E-state index in [4.69, 9.17) is 0 Å². The van der Waals surface area contributed by atoms with Crippen LogP contribution in [0.5, 0.6) is 0 Å². The lowest BCUT2D eigenvalue weighted by Gasteiger charge is -2.03. The van der Waals surface area contributed by atoms with Crippen molar-refractivity contribution >= 4 is 37.3 Å². The predicted octanol–water partition coefficient (Wildman–Crippen LogP) is 3.85. The molecule has 29 heavy (non-hydrogen) atoms. The Morgan fingerprint density at radius 3 is 2.52 bits per heavy atom. The summed E-state index contributed by atoms with van der Waals surface area (Å²) in [6.07, 6.45) is 1.68. The SMILES string of the molecule is C=CCn1c(=NC(=O)CCCS(=O)(=O)c2ccc(F)cc2)sc2cc(F)ccc21. The Morgan fingerprint density at radius 1 is 1.14 bits per heavy atom. The molecule has 1 amide bonds. The molecule has 0 atom stereocenters. The van der Waals surface area contributed by atoms with Crippen LogP contribution in [-0.4, -0.2) is 24.6 Å². The van der Waals surface area contributed by atoms with Crippen LogP contribution in [-0.2, 0) is 21.2 Å². The van der Waals surface area contributed by atoms with Crippen molar-refractivity contribution in [1.29, 1.82) is 0 Å². The lowest BCUT2D eigenvalue weighted by molar-refractivity contribution is -0.118. The number of rotatable bonds is 7. The van der Waals surface area contributed by atoms with Gasteiger partial charge in [0.05, 0.1) is 20.9 Å². The van der Waals surface area contributed by atoms with Crippen LogP contribution < -0.4 is 4.80 Å². The quantitative estimate of drug-likeness (QED) is 0.417. The second-order valence-electron chi connectivity index (χ2n) is 6.28. The van der Waals surface area contributed by atoms with E-state index in [0.717, 1.165) is 17.6 Å². The average Bonchev–Trinajstić information content (AvgIpc) is 2.98. The minimum absolute atomic E-state index is 0.0126. The molecule has 0 bridgehead atoms. The Bertz CT molecular complexity index is 1230. The molecule has 3 aromatic rings. The van der Waals surface area contributed by atoms with E-state index >= 15 is 0 Å². The van der Waals surface area contributed by atoms with Crippen LogP contribution >= 0.6 is 11.3 Å². The van der Waals surface area contributed by atoms with Crippen molar-refractivity contribution in [2.75, 3.05) is 5.75 Å². The van der Waals surface area contributed by atoms with Gasteiger partial charge in [-0.15, -0.1) is 6.58 Å². The molecule has 0 fully saturated rings. The van der Waals surface area contributed by atoms with Crippen molar-refractivity contribution in [2.24, 2.45) is 4.99 Å². The van der Waals surface area contributed by atoms with Crippen LogP contribution in [0.3, 0.4) is 0 Å². The fraction of sp³-hybridized carbons (Fsp3) is 0.200. The lowest BCUT2D eigenvalue weighted by Crippen LogP contribution is -2.16. The molecule has 1 heterocycles. The van der Waals surface area contributed by atoms with Gasteiger partial charge >= 0.3 is 0 Å². The number of nitrogens with zero attached hydrogens (tertiary/aromatic N) is 2. The van der Waals surface area contributed by atoms with E-state index < -0.39 is 21.6 Å². The van der Waals surface area contributed by atoms with Gasteiger partial charge in [-0.2, -0.15) is 4.99 Å². The molecule has 0 N–H and O–H groups in total. The first-order chi connectivity index (χ1) is 13.8. The third kappa shape index (κ3) is 5.04. The number of benzene rings is 2. The summed E-state index contributed by atoms with van der Waals surface area (Å²) in [6, 6.07) is 8.88. The molecule has 0 aliphatic carbocycles. The molecule has 0 saturated heterocycles. The lowest BCUT2D eigenvalue weighted by atomic mass is 10.3. The van der Waals surface area contributed by atoms with E-state index in [1.807, 2.05) is 0 Å². The summed E-state index contributed by atoms with van der Waals surface area (Å²) in [7, 11) is -3.61. The smallest absolute Gasteiger partial charge is 0.248 e. The highest BCUT2D eigenvalue weighted by molar-refractivity contribution is 7.91. The summed E-state index contributed by atoms with van der Waals surface area (Å²) < 4.78 is 53.3. The number of hydrogen-bond acceptors (Lipinski definition) is 4. The molecule has 0 aliphatic heterocycles. The molecule has 152 valence electrons. The number of carbonyl (C=O) groups is 1. The van der Waals surface area contributed by atoms with Crippen LogP contribution in [0.25, 0.3) is 10.2 Å². The van der Waals surface area contributed by atoms with E-state index in [1.54, 1.807) is 16.7 Å². The number of hydrogen-bond donors (Lipinski definition) is 0. The van der Waals surface area contributed by atoms with Gasteiger partial charge in [0.25, 0.3) is 0 Å². The summed E-state index contributed by atoms with van der Waals surface area (Å²) in [5.74, 6) is -1.61. The van der Waals surface area contributed by atoms with Crippen LogP contribution in [0.4, 0.5) is 8.78 Å². The highest BCUT2D eigenvalue weighted by Crippen LogP contribution is 2.19. The van der Waals surface area contributed by atoms with Crippen molar-refractivity contribution in [1.82, 2.24) is 4.57 Å². The van der Waals surface area contributed by atoms with Gasteiger partial charge < -0.3 is 4.57 Å². The zero-order valence-electron chi connectivity index (χ0n) is 15.3. The number of allylic oxidation sites excluding steroid dienone is 1. The molecule has 1 aromatic heterocycles. The highest BCUT2D eigenvalue weighted by Gasteiger charge is 2.15. The maximum atomic E-state index is 13.5. The van der Waals surface area contributed by atoms with Gasteiger partial charge in [-0.25, -0.2) is 17.2 Å². The average molecular weight is 437 g/mol. The highest BCUT2D eigenvalue weighted by atomic mass is 32.2. The van der Waals surface area contributed by atoms with Crippen LogP contribution in [0.2, 0.25) is 0 Å². The van der Waals surface area contributed by atoms with Gasteiger partial charge in [0.1, 0.15) is 11.6 Å². The van der Waals surface area contributed by atoms with E-state index in [1.165, 1.54) is 35.6 Å². The summed E-state index contributed by atoms with van der Waals surface area (Å²) in [4.78, 5) is 16.8. The monoisotopic (exact) mass is 436 g/mol. The molecule has 0 spiro atoms. The van der Waals surface area contributed by atoms with E-state index in [9.17, 15) is 22.0 Å². The summed E-state index contributed by atoms with van der Waals surface area (Å²) in [5.41, 5.74) is 0.738. The largest absolute Gasteiger partial charge is 0.313 e. The minimum Gasteiger partial charge on any atom is -0.313 e. The van der Waals surface area contributed by atoms with Crippen molar-refractivity contribution < 1.29 is 22.0 Å². The topological polar surface area (TPSA) is 68.5 Å². The van der Waals surface area contributed by atoms with Gasteiger partial charge in [-0.05, 0) is 48.9 Å². The maximum Gasteiger partial charge on any atom is 0.248 e. The second kappa shape index (κ2) is 8.79. The van der Waals surface area contributed by atoms with Gasteiger partial charge in [0.15, 0.2) is 14.6 Å². The van der Waals surface area contributed by atoms with Crippen molar-refractivity contribution in [2.45, 2.75) is 24.3 Å². The van der Waals surface area contributed by atoms with Gasteiger partial charge in [0, 0.05) is 13.0 Å². The predicted molar refractivity (Wildman–Crippen MR) is 108 cm³/mol. The third-order valence-electron chi connectivity index (χ3n) is 4.15. The third-order valence-corrected chi connectivity index (χ3v) is 7.01. The normalized spacial score (nSPS) is 12.4. The molecule has 3 rings (SSSR count). The Kier molecular flexibility index (Phi) is 6.39. The summed E-state index contributed by atoms with van der Waals surface area (Å²) in [5, 5.41) is 0. The molecule has 9 heteroatoms. The fourth-order valence-electron chi connectivity index (χ4n) is 2.77. The molecular formula is C20H18F2N2O3S2. The first kappa shape index (κ1) is 21.1. The molecular weight excluding hydrogens is 418 g/mol. The number of halogens is 2. The Labute approximate surface area is 170 Å². The van der Waals surface area contributed by atoms with Crippen LogP contribution in [0.1, 0.15) is 12.8 Å². The number of thiazole rings is 1. The Morgan fingerprint density at radius 2 is 1.83 bits per heavy atom. The van der Waals surface area contributed by atoms with Gasteiger partial charge in [0.2, 0.25) is 5.91 Å². The van der Waals surface area contributed by atoms with Crippen molar-refractivity contribution in [3.8, 4) is 0 Å². The molecule has 0 aliphatic rings. The number of aromatic nitrogens is 1. The fourth-order valence-corrected chi connectivity index (χ4v) is 5.17. The summed E-state index contributed by atoms with van der Waals surface area (Å²) >= 11 is 1.18. The minimum atomic E-state index is -3.61. The van der Waals surface area contributed by atoms with Gasteiger partial charge in [-0.3, -0.25) is 4.79 Å². The number of fused-ring (bicyclic) bond motifs is 1. The van der Waals surface area contributed by atoms with E-state index in [2.05, 4.69) is 11.6 Å². The number of amides is 1. The van der Waals surface area contributed by atoms with Crippen molar-refractivity contribution in [3.63, 3.8) is 0 Å². The standard InChI is InChI=1S/C20H18F2N2O3S2/c1-2-11-24-17-10-7-15(22)13-18(17)28-20(24)23-19(25)4-3-12-29(26,27)16-8-5-14(21)6-9-16/h2,5-10,13H,1,3-4,11-12H2. The van der Waals surface area contributed by atoms with E-state index in [0.29, 0.717) is 16.0 Å². The zero-order chi connectivity index (χ0) is 21.0. The molecule has 0 unspecified atom stereocenters. The maximum absolute atomic E-state index is 13.5.